The number of rotatable bonds is 4. The average Bonchev–Trinajstić information content (AvgIpc) is 2.58. The predicted molar refractivity (Wildman–Crippen MR) is 76.4 cm³/mol. The van der Waals surface area contributed by atoms with E-state index < -0.39 is 0 Å². The molecule has 1 heterocycles. The highest BCUT2D eigenvalue weighted by Gasteiger charge is 2.19. The maximum atomic E-state index is 9.60. The third kappa shape index (κ3) is 4.05. The fraction of sp³-hybridized carbons (Fsp3) is 0.692. The zero-order valence-electron chi connectivity index (χ0n) is 10.2. The Labute approximate surface area is 116 Å². The second-order valence-corrected chi connectivity index (χ2v) is 7.44. The number of aliphatic hydroxyl groups excluding tert-OH is 1. The van der Waals surface area contributed by atoms with E-state index in [1.54, 1.807) is 11.3 Å². The van der Waals surface area contributed by atoms with Crippen LogP contribution in [-0.4, -0.2) is 17.8 Å². The minimum Gasteiger partial charge on any atom is -0.393 e. The SMILES string of the molecule is Cc1cc(CNCC2CCCC(O)C2)sc1Br. The lowest BCUT2D eigenvalue weighted by molar-refractivity contribution is 0.101. The molecule has 1 aromatic heterocycles. The molecular weight excluding hydrogens is 298 g/mol. The predicted octanol–water partition coefficient (Wildman–Crippen LogP) is 3.46. The minimum atomic E-state index is -0.0614. The number of thiophene rings is 1. The number of aliphatic hydroxyl groups is 1. The van der Waals surface area contributed by atoms with Gasteiger partial charge < -0.3 is 10.4 Å². The maximum absolute atomic E-state index is 9.60. The van der Waals surface area contributed by atoms with Crippen LogP contribution in [0.4, 0.5) is 0 Å². The topological polar surface area (TPSA) is 32.3 Å². The summed E-state index contributed by atoms with van der Waals surface area (Å²) in [5.41, 5.74) is 1.32. The summed E-state index contributed by atoms with van der Waals surface area (Å²) in [6.45, 7) is 4.11. The van der Waals surface area contributed by atoms with Crippen molar-refractivity contribution in [3.63, 3.8) is 0 Å². The summed E-state index contributed by atoms with van der Waals surface area (Å²) in [7, 11) is 0. The van der Waals surface area contributed by atoms with Crippen molar-refractivity contribution in [2.45, 2.75) is 45.3 Å². The van der Waals surface area contributed by atoms with E-state index in [-0.39, 0.29) is 6.10 Å². The molecule has 0 radical (unpaired) electrons. The highest BCUT2D eigenvalue weighted by atomic mass is 79.9. The number of hydrogen-bond donors (Lipinski definition) is 2. The summed E-state index contributed by atoms with van der Waals surface area (Å²) in [5, 5.41) is 13.1. The molecule has 0 saturated heterocycles. The summed E-state index contributed by atoms with van der Waals surface area (Å²) in [5.74, 6) is 0.656. The molecule has 0 aromatic carbocycles. The molecule has 0 amide bonds. The summed E-state index contributed by atoms with van der Waals surface area (Å²) < 4.78 is 1.24. The molecule has 96 valence electrons. The first-order valence-corrected chi connectivity index (χ1v) is 7.89. The van der Waals surface area contributed by atoms with Crippen molar-refractivity contribution in [1.29, 1.82) is 0 Å². The van der Waals surface area contributed by atoms with Crippen LogP contribution in [0.3, 0.4) is 0 Å². The molecule has 0 spiro atoms. The number of halogens is 1. The van der Waals surface area contributed by atoms with E-state index >= 15 is 0 Å². The molecule has 1 fully saturated rings. The summed E-state index contributed by atoms with van der Waals surface area (Å²) >= 11 is 5.36. The first-order chi connectivity index (χ1) is 8.15. The van der Waals surface area contributed by atoms with Crippen LogP contribution in [-0.2, 0) is 6.54 Å². The van der Waals surface area contributed by atoms with Crippen LogP contribution in [0.25, 0.3) is 0 Å². The zero-order valence-corrected chi connectivity index (χ0v) is 12.6. The zero-order chi connectivity index (χ0) is 12.3. The van der Waals surface area contributed by atoms with Gasteiger partial charge in [-0.25, -0.2) is 0 Å². The van der Waals surface area contributed by atoms with Crippen molar-refractivity contribution in [3.8, 4) is 0 Å². The van der Waals surface area contributed by atoms with Crippen LogP contribution >= 0.6 is 27.3 Å². The van der Waals surface area contributed by atoms with Crippen molar-refractivity contribution in [2.75, 3.05) is 6.54 Å². The lowest BCUT2D eigenvalue weighted by Crippen LogP contribution is -2.28. The molecule has 4 heteroatoms. The molecule has 1 aliphatic carbocycles. The molecule has 2 rings (SSSR count). The lowest BCUT2D eigenvalue weighted by atomic mass is 9.87. The molecule has 2 nitrogen and oxygen atoms in total. The second kappa shape index (κ2) is 6.32. The highest BCUT2D eigenvalue weighted by molar-refractivity contribution is 9.11. The number of nitrogens with one attached hydrogen (secondary N) is 1. The smallest absolute Gasteiger partial charge is 0.0730 e. The monoisotopic (exact) mass is 317 g/mol. The Morgan fingerprint density at radius 2 is 2.35 bits per heavy atom. The summed E-state index contributed by atoms with van der Waals surface area (Å²) in [4.78, 5) is 1.38. The van der Waals surface area contributed by atoms with Gasteiger partial charge >= 0.3 is 0 Å². The molecule has 1 aliphatic rings. The minimum absolute atomic E-state index is 0.0614. The van der Waals surface area contributed by atoms with Crippen molar-refractivity contribution in [1.82, 2.24) is 5.32 Å². The Bertz CT molecular complexity index is 347. The Hall–Kier alpha value is 0.100. The normalized spacial score (nSPS) is 25.1. The van der Waals surface area contributed by atoms with Gasteiger partial charge in [-0.15, -0.1) is 11.3 Å². The largest absolute Gasteiger partial charge is 0.393 e. The van der Waals surface area contributed by atoms with Crippen molar-refractivity contribution >= 4 is 27.3 Å². The molecular formula is C13H20BrNOS. The molecule has 0 aliphatic heterocycles. The van der Waals surface area contributed by atoms with Crippen LogP contribution in [0.5, 0.6) is 0 Å². The van der Waals surface area contributed by atoms with Gasteiger partial charge in [0.05, 0.1) is 9.89 Å². The Morgan fingerprint density at radius 3 is 3.00 bits per heavy atom. The van der Waals surface area contributed by atoms with Gasteiger partial charge in [0.25, 0.3) is 0 Å². The van der Waals surface area contributed by atoms with Gasteiger partial charge in [-0.05, 0) is 66.2 Å². The van der Waals surface area contributed by atoms with E-state index in [1.165, 1.54) is 27.1 Å². The molecule has 2 unspecified atom stereocenters. The van der Waals surface area contributed by atoms with Gasteiger partial charge in [-0.2, -0.15) is 0 Å². The fourth-order valence-corrected chi connectivity index (χ4v) is 4.06. The molecule has 2 N–H and O–H groups in total. The van der Waals surface area contributed by atoms with Crippen LogP contribution in [0, 0.1) is 12.8 Å². The maximum Gasteiger partial charge on any atom is 0.0730 e. The van der Waals surface area contributed by atoms with E-state index in [0.717, 1.165) is 25.9 Å². The van der Waals surface area contributed by atoms with Gasteiger partial charge in [-0.3, -0.25) is 0 Å². The number of hydrogen-bond acceptors (Lipinski definition) is 3. The Morgan fingerprint density at radius 1 is 1.53 bits per heavy atom. The van der Waals surface area contributed by atoms with Gasteiger partial charge in [0.2, 0.25) is 0 Å². The van der Waals surface area contributed by atoms with Crippen LogP contribution < -0.4 is 5.32 Å². The highest BCUT2D eigenvalue weighted by Crippen LogP contribution is 2.27. The van der Waals surface area contributed by atoms with E-state index in [9.17, 15) is 5.11 Å². The Balaban J connectivity index is 1.72. The van der Waals surface area contributed by atoms with E-state index in [1.807, 2.05) is 0 Å². The van der Waals surface area contributed by atoms with Crippen molar-refractivity contribution in [2.24, 2.45) is 5.92 Å². The third-order valence-electron chi connectivity index (χ3n) is 3.40. The molecule has 17 heavy (non-hydrogen) atoms. The average molecular weight is 318 g/mol. The van der Waals surface area contributed by atoms with Crippen molar-refractivity contribution < 1.29 is 5.11 Å². The summed E-state index contributed by atoms with van der Waals surface area (Å²) in [6, 6.07) is 2.23. The first-order valence-electron chi connectivity index (χ1n) is 6.28. The Kier molecular flexibility index (Phi) is 5.03. The van der Waals surface area contributed by atoms with E-state index in [4.69, 9.17) is 0 Å². The number of aryl methyl sites for hydroxylation is 1. The first kappa shape index (κ1) is 13.5. The van der Waals surface area contributed by atoms with Gasteiger partial charge in [0.1, 0.15) is 0 Å². The summed E-state index contributed by atoms with van der Waals surface area (Å²) in [6.07, 6.45) is 4.34. The van der Waals surface area contributed by atoms with Crippen LogP contribution in [0.1, 0.15) is 36.1 Å². The fourth-order valence-electron chi connectivity index (χ4n) is 2.46. The van der Waals surface area contributed by atoms with Crippen LogP contribution in [0.15, 0.2) is 9.85 Å². The van der Waals surface area contributed by atoms with Gasteiger partial charge in [0, 0.05) is 11.4 Å². The van der Waals surface area contributed by atoms with E-state index in [0.29, 0.717) is 5.92 Å². The third-order valence-corrected chi connectivity index (χ3v) is 5.53. The molecule has 2 atom stereocenters. The molecule has 1 saturated carbocycles. The lowest BCUT2D eigenvalue weighted by Gasteiger charge is -2.25. The van der Waals surface area contributed by atoms with E-state index in [2.05, 4.69) is 34.2 Å². The van der Waals surface area contributed by atoms with Crippen molar-refractivity contribution in [3.05, 3.63) is 20.3 Å². The molecule has 0 bridgehead atoms. The van der Waals surface area contributed by atoms with Crippen LogP contribution in [0.2, 0.25) is 0 Å². The standard InChI is InChI=1S/C13H20BrNOS/c1-9-5-12(17-13(9)14)8-15-7-10-3-2-4-11(16)6-10/h5,10-11,15-16H,2-4,6-8H2,1H3. The molecule has 1 aromatic rings. The van der Waals surface area contributed by atoms with Gasteiger partial charge in [0.15, 0.2) is 0 Å². The van der Waals surface area contributed by atoms with Gasteiger partial charge in [-0.1, -0.05) is 6.42 Å². The second-order valence-electron chi connectivity index (χ2n) is 4.99. The quantitative estimate of drug-likeness (QED) is 0.891.